The third-order valence-electron chi connectivity index (χ3n) is 3.83. The molecule has 0 amide bonds. The molecule has 4 nitrogen and oxygen atoms in total. The molecule has 5 heteroatoms. The van der Waals surface area contributed by atoms with Crippen molar-refractivity contribution >= 4 is 10.0 Å². The monoisotopic (exact) mass is 283 g/mol. The van der Waals surface area contributed by atoms with Gasteiger partial charge in [0.15, 0.2) is 0 Å². The lowest BCUT2D eigenvalue weighted by Crippen LogP contribution is -2.46. The molecule has 0 bridgehead atoms. The quantitative estimate of drug-likeness (QED) is 0.922. The van der Waals surface area contributed by atoms with Crippen LogP contribution in [0.5, 0.6) is 0 Å². The maximum Gasteiger partial charge on any atom is 0.243 e. The standard InChI is InChI=1S/C14H21NO3S/c1-11-6-5-7-12(10-11)19(17,18)15(2)13-8-3-4-9-14(13)16/h5-7,10,13-14,16H,3-4,8-9H2,1-2H3. The second kappa shape index (κ2) is 5.61. The summed E-state index contributed by atoms with van der Waals surface area (Å²) in [5.74, 6) is 0. The SMILES string of the molecule is Cc1cccc(S(=O)(=O)N(C)C2CCCCC2O)c1. The average Bonchev–Trinajstić information content (AvgIpc) is 2.38. The van der Waals surface area contributed by atoms with Crippen molar-refractivity contribution in [2.75, 3.05) is 7.05 Å². The summed E-state index contributed by atoms with van der Waals surface area (Å²) in [6.07, 6.45) is 2.78. The summed E-state index contributed by atoms with van der Waals surface area (Å²) in [6, 6.07) is 6.58. The summed E-state index contributed by atoms with van der Waals surface area (Å²) in [7, 11) is -1.95. The fraction of sp³-hybridized carbons (Fsp3) is 0.571. The van der Waals surface area contributed by atoms with Crippen molar-refractivity contribution in [1.82, 2.24) is 4.31 Å². The predicted octanol–water partition coefficient (Wildman–Crippen LogP) is 1.92. The van der Waals surface area contributed by atoms with Crippen LogP contribution in [0.3, 0.4) is 0 Å². The van der Waals surface area contributed by atoms with Crippen LogP contribution in [0.1, 0.15) is 31.2 Å². The minimum atomic E-state index is -3.52. The molecule has 1 aromatic rings. The molecule has 19 heavy (non-hydrogen) atoms. The Kier molecular flexibility index (Phi) is 4.28. The van der Waals surface area contributed by atoms with Crippen molar-refractivity contribution < 1.29 is 13.5 Å². The lowest BCUT2D eigenvalue weighted by atomic mass is 9.93. The minimum absolute atomic E-state index is 0.299. The van der Waals surface area contributed by atoms with Crippen molar-refractivity contribution in [2.45, 2.75) is 49.6 Å². The molecule has 1 aliphatic carbocycles. The van der Waals surface area contributed by atoms with Gasteiger partial charge < -0.3 is 5.11 Å². The van der Waals surface area contributed by atoms with E-state index in [0.29, 0.717) is 11.3 Å². The number of hydrogen-bond acceptors (Lipinski definition) is 3. The summed E-state index contributed by atoms with van der Waals surface area (Å²) < 4.78 is 26.4. The van der Waals surface area contributed by atoms with E-state index in [-0.39, 0.29) is 6.04 Å². The van der Waals surface area contributed by atoms with E-state index in [1.807, 2.05) is 13.0 Å². The number of nitrogens with zero attached hydrogens (tertiary/aromatic N) is 1. The highest BCUT2D eigenvalue weighted by molar-refractivity contribution is 7.89. The highest BCUT2D eigenvalue weighted by Gasteiger charge is 2.34. The molecule has 106 valence electrons. The normalized spacial score (nSPS) is 24.6. The van der Waals surface area contributed by atoms with Gasteiger partial charge in [0.05, 0.1) is 17.0 Å². The molecule has 1 aliphatic rings. The maximum absolute atomic E-state index is 12.5. The van der Waals surface area contributed by atoms with Crippen molar-refractivity contribution in [1.29, 1.82) is 0 Å². The first-order valence-corrected chi connectivity index (χ1v) is 8.09. The van der Waals surface area contributed by atoms with E-state index in [1.165, 1.54) is 4.31 Å². The average molecular weight is 283 g/mol. The van der Waals surface area contributed by atoms with Gasteiger partial charge in [-0.25, -0.2) is 8.42 Å². The molecule has 1 N–H and O–H groups in total. The van der Waals surface area contributed by atoms with Gasteiger partial charge in [-0.1, -0.05) is 25.0 Å². The van der Waals surface area contributed by atoms with Crippen LogP contribution in [-0.2, 0) is 10.0 Å². The van der Waals surface area contributed by atoms with Crippen LogP contribution in [-0.4, -0.2) is 37.0 Å². The molecule has 0 spiro atoms. The van der Waals surface area contributed by atoms with E-state index < -0.39 is 16.1 Å². The predicted molar refractivity (Wildman–Crippen MR) is 74.4 cm³/mol. The molecule has 0 saturated heterocycles. The largest absolute Gasteiger partial charge is 0.391 e. The Labute approximate surface area is 115 Å². The van der Waals surface area contributed by atoms with Gasteiger partial charge in [0.2, 0.25) is 10.0 Å². The number of rotatable bonds is 3. The Morgan fingerprint density at radius 2 is 1.95 bits per heavy atom. The first kappa shape index (κ1) is 14.5. The zero-order valence-electron chi connectivity index (χ0n) is 11.4. The Hall–Kier alpha value is -0.910. The van der Waals surface area contributed by atoms with Crippen LogP contribution < -0.4 is 0 Å². The van der Waals surface area contributed by atoms with Crippen molar-refractivity contribution in [3.63, 3.8) is 0 Å². The van der Waals surface area contributed by atoms with Gasteiger partial charge in [-0.2, -0.15) is 4.31 Å². The van der Waals surface area contributed by atoms with E-state index in [1.54, 1.807) is 25.2 Å². The summed E-state index contributed by atoms with van der Waals surface area (Å²) in [5, 5.41) is 10.00. The maximum atomic E-state index is 12.5. The molecule has 0 aromatic heterocycles. The van der Waals surface area contributed by atoms with Gasteiger partial charge in [-0.05, 0) is 37.5 Å². The van der Waals surface area contributed by atoms with Crippen molar-refractivity contribution in [3.8, 4) is 0 Å². The van der Waals surface area contributed by atoms with Gasteiger partial charge in [0.25, 0.3) is 0 Å². The van der Waals surface area contributed by atoms with Crippen LogP contribution >= 0.6 is 0 Å². The second-order valence-corrected chi connectivity index (χ2v) is 7.25. The topological polar surface area (TPSA) is 57.6 Å². The Bertz CT molecular complexity index is 541. The molecule has 0 aliphatic heterocycles. The number of sulfonamides is 1. The Balaban J connectivity index is 2.28. The van der Waals surface area contributed by atoms with E-state index in [4.69, 9.17) is 0 Å². The van der Waals surface area contributed by atoms with Gasteiger partial charge >= 0.3 is 0 Å². The van der Waals surface area contributed by atoms with Gasteiger partial charge in [0.1, 0.15) is 0 Å². The Morgan fingerprint density at radius 1 is 1.26 bits per heavy atom. The summed E-state index contributed by atoms with van der Waals surface area (Å²) >= 11 is 0. The lowest BCUT2D eigenvalue weighted by molar-refractivity contribution is 0.0638. The molecule has 2 unspecified atom stereocenters. The third-order valence-corrected chi connectivity index (χ3v) is 5.71. The molecular weight excluding hydrogens is 262 g/mol. The van der Waals surface area contributed by atoms with Crippen LogP contribution in [0.15, 0.2) is 29.2 Å². The summed E-state index contributed by atoms with van der Waals surface area (Å²) in [4.78, 5) is 0.299. The molecule has 1 fully saturated rings. The molecule has 1 aromatic carbocycles. The van der Waals surface area contributed by atoms with E-state index in [2.05, 4.69) is 0 Å². The number of benzene rings is 1. The van der Waals surface area contributed by atoms with Crippen LogP contribution in [0.2, 0.25) is 0 Å². The van der Waals surface area contributed by atoms with Crippen molar-refractivity contribution in [2.24, 2.45) is 0 Å². The number of aliphatic hydroxyl groups is 1. The fourth-order valence-corrected chi connectivity index (χ4v) is 4.16. The molecule has 0 radical (unpaired) electrons. The first-order valence-electron chi connectivity index (χ1n) is 6.65. The molecule has 2 rings (SSSR count). The molecular formula is C14H21NO3S. The van der Waals surface area contributed by atoms with Gasteiger partial charge in [-0.3, -0.25) is 0 Å². The van der Waals surface area contributed by atoms with Gasteiger partial charge in [0, 0.05) is 7.05 Å². The Morgan fingerprint density at radius 3 is 2.58 bits per heavy atom. The number of aliphatic hydroxyl groups excluding tert-OH is 1. The zero-order valence-corrected chi connectivity index (χ0v) is 12.2. The third kappa shape index (κ3) is 2.99. The zero-order chi connectivity index (χ0) is 14.0. The number of likely N-dealkylation sites (N-methyl/N-ethyl adjacent to an activating group) is 1. The van der Waals surface area contributed by atoms with E-state index in [0.717, 1.165) is 24.8 Å². The van der Waals surface area contributed by atoms with E-state index >= 15 is 0 Å². The minimum Gasteiger partial charge on any atom is -0.391 e. The second-order valence-electron chi connectivity index (χ2n) is 5.26. The van der Waals surface area contributed by atoms with Crippen LogP contribution in [0, 0.1) is 6.92 Å². The van der Waals surface area contributed by atoms with Crippen LogP contribution in [0.25, 0.3) is 0 Å². The van der Waals surface area contributed by atoms with E-state index in [9.17, 15) is 13.5 Å². The van der Waals surface area contributed by atoms with Gasteiger partial charge in [-0.15, -0.1) is 0 Å². The highest BCUT2D eigenvalue weighted by Crippen LogP contribution is 2.27. The summed E-state index contributed by atoms with van der Waals surface area (Å²) in [5.41, 5.74) is 0.915. The number of aryl methyl sites for hydroxylation is 1. The summed E-state index contributed by atoms with van der Waals surface area (Å²) in [6.45, 7) is 1.87. The van der Waals surface area contributed by atoms with Crippen LogP contribution in [0.4, 0.5) is 0 Å². The smallest absolute Gasteiger partial charge is 0.243 e. The fourth-order valence-electron chi connectivity index (χ4n) is 2.64. The van der Waals surface area contributed by atoms with Crippen molar-refractivity contribution in [3.05, 3.63) is 29.8 Å². The lowest BCUT2D eigenvalue weighted by Gasteiger charge is -2.34. The molecule has 1 saturated carbocycles. The molecule has 2 atom stereocenters. The molecule has 0 heterocycles. The highest BCUT2D eigenvalue weighted by atomic mass is 32.2. The first-order chi connectivity index (χ1) is 8.93. The number of hydrogen-bond donors (Lipinski definition) is 1.